The molecule has 0 saturated heterocycles. The highest BCUT2D eigenvalue weighted by atomic mass is 16.3. The first kappa shape index (κ1) is 12.7. The Morgan fingerprint density at radius 3 is 2.56 bits per heavy atom. The van der Waals surface area contributed by atoms with Crippen LogP contribution in [0.5, 0.6) is 0 Å². The van der Waals surface area contributed by atoms with Crippen LogP contribution >= 0.6 is 0 Å². The third kappa shape index (κ3) is 2.41. The molecule has 0 saturated carbocycles. The van der Waals surface area contributed by atoms with Crippen molar-refractivity contribution >= 4 is 5.91 Å². The lowest BCUT2D eigenvalue weighted by Crippen LogP contribution is -2.52. The summed E-state index contributed by atoms with van der Waals surface area (Å²) in [4.78, 5) is 15.8. The van der Waals surface area contributed by atoms with E-state index >= 15 is 0 Å². The number of rotatable bonds is 5. The van der Waals surface area contributed by atoms with Crippen LogP contribution in [0.3, 0.4) is 0 Å². The van der Waals surface area contributed by atoms with E-state index < -0.39 is 0 Å². The summed E-state index contributed by atoms with van der Waals surface area (Å²) >= 11 is 0. The van der Waals surface area contributed by atoms with Crippen molar-refractivity contribution in [3.63, 3.8) is 0 Å². The van der Waals surface area contributed by atoms with E-state index in [1.54, 1.807) is 6.92 Å². The quantitative estimate of drug-likeness (QED) is 0.789. The molecule has 0 radical (unpaired) electrons. The molecule has 1 amide bonds. The van der Waals surface area contributed by atoms with Crippen molar-refractivity contribution in [1.29, 1.82) is 0 Å². The minimum absolute atomic E-state index is 0.246. The molecule has 0 bridgehead atoms. The lowest BCUT2D eigenvalue weighted by Gasteiger charge is -2.30. The van der Waals surface area contributed by atoms with Crippen molar-refractivity contribution in [3.05, 3.63) is 17.8 Å². The van der Waals surface area contributed by atoms with Crippen LogP contribution in [-0.4, -0.2) is 23.0 Å². The molecule has 3 N–H and O–H groups in total. The van der Waals surface area contributed by atoms with Crippen molar-refractivity contribution in [3.8, 4) is 0 Å². The first-order valence-corrected chi connectivity index (χ1v) is 5.51. The summed E-state index contributed by atoms with van der Waals surface area (Å²) in [7, 11) is 0. The highest BCUT2D eigenvalue weighted by Crippen LogP contribution is 2.15. The number of aryl methyl sites for hydroxylation is 1. The van der Waals surface area contributed by atoms with Gasteiger partial charge in [0.25, 0.3) is 5.91 Å². The molecular formula is C11H19N3O2. The van der Waals surface area contributed by atoms with Gasteiger partial charge in [0.05, 0.1) is 11.2 Å². The summed E-state index contributed by atoms with van der Waals surface area (Å²) in [5.41, 5.74) is 5.95. The highest BCUT2D eigenvalue weighted by molar-refractivity contribution is 5.92. The molecule has 0 aliphatic rings. The van der Waals surface area contributed by atoms with Crippen LogP contribution in [0.15, 0.2) is 10.8 Å². The smallest absolute Gasteiger partial charge is 0.289 e. The van der Waals surface area contributed by atoms with E-state index in [4.69, 9.17) is 10.2 Å². The van der Waals surface area contributed by atoms with Gasteiger partial charge in [-0.3, -0.25) is 4.79 Å². The van der Waals surface area contributed by atoms with Gasteiger partial charge in [-0.25, -0.2) is 4.98 Å². The van der Waals surface area contributed by atoms with E-state index in [9.17, 15) is 4.79 Å². The van der Waals surface area contributed by atoms with Gasteiger partial charge in [0.15, 0.2) is 6.39 Å². The second-order valence-electron chi connectivity index (χ2n) is 3.91. The zero-order valence-corrected chi connectivity index (χ0v) is 10.0. The Balaban J connectivity index is 2.81. The largest absolute Gasteiger partial charge is 0.438 e. The van der Waals surface area contributed by atoms with Crippen LogP contribution in [0.25, 0.3) is 0 Å². The van der Waals surface area contributed by atoms with Crippen molar-refractivity contribution in [1.82, 2.24) is 10.3 Å². The van der Waals surface area contributed by atoms with E-state index in [1.165, 1.54) is 6.39 Å². The molecule has 16 heavy (non-hydrogen) atoms. The minimum Gasteiger partial charge on any atom is -0.438 e. The zero-order chi connectivity index (χ0) is 12.2. The molecular weight excluding hydrogens is 206 g/mol. The zero-order valence-electron chi connectivity index (χ0n) is 10.0. The number of nitrogens with two attached hydrogens (primary N) is 1. The molecule has 1 heterocycles. The fourth-order valence-corrected chi connectivity index (χ4v) is 1.58. The summed E-state index contributed by atoms with van der Waals surface area (Å²) in [6.45, 7) is 6.16. The maximum atomic E-state index is 11.9. The minimum atomic E-state index is -0.351. The molecule has 90 valence electrons. The molecule has 1 rings (SSSR count). The SMILES string of the molecule is CCC(CC)(CN)NC(=O)c1ocnc1C. The molecule has 0 atom stereocenters. The van der Waals surface area contributed by atoms with Crippen molar-refractivity contribution < 1.29 is 9.21 Å². The molecule has 0 aliphatic carbocycles. The Kier molecular flexibility index (Phi) is 4.06. The van der Waals surface area contributed by atoms with E-state index in [-0.39, 0.29) is 17.2 Å². The molecule has 0 aliphatic heterocycles. The number of nitrogens with zero attached hydrogens (tertiary/aromatic N) is 1. The molecule has 1 aromatic rings. The van der Waals surface area contributed by atoms with Gasteiger partial charge in [0.2, 0.25) is 5.76 Å². The van der Waals surface area contributed by atoms with Crippen molar-refractivity contribution in [2.45, 2.75) is 39.2 Å². The number of carbonyl (C=O) groups excluding carboxylic acids is 1. The summed E-state index contributed by atoms with van der Waals surface area (Å²) in [5.74, 6) is 0.0175. The van der Waals surface area contributed by atoms with E-state index in [0.29, 0.717) is 12.2 Å². The average molecular weight is 225 g/mol. The molecule has 0 aromatic carbocycles. The number of oxazole rings is 1. The van der Waals surface area contributed by atoms with Crippen LogP contribution in [-0.2, 0) is 0 Å². The van der Waals surface area contributed by atoms with E-state index in [0.717, 1.165) is 12.8 Å². The van der Waals surface area contributed by atoms with E-state index in [2.05, 4.69) is 10.3 Å². The Morgan fingerprint density at radius 2 is 2.19 bits per heavy atom. The fourth-order valence-electron chi connectivity index (χ4n) is 1.58. The number of nitrogens with one attached hydrogen (secondary N) is 1. The Hall–Kier alpha value is -1.36. The lowest BCUT2D eigenvalue weighted by atomic mass is 9.93. The summed E-state index contributed by atoms with van der Waals surface area (Å²) in [5, 5.41) is 2.93. The van der Waals surface area contributed by atoms with Crippen molar-refractivity contribution in [2.75, 3.05) is 6.54 Å². The van der Waals surface area contributed by atoms with Crippen LogP contribution in [0.1, 0.15) is 42.9 Å². The van der Waals surface area contributed by atoms with Crippen LogP contribution in [0.2, 0.25) is 0 Å². The molecule has 0 unspecified atom stereocenters. The molecule has 5 nitrogen and oxygen atoms in total. The Morgan fingerprint density at radius 1 is 1.56 bits per heavy atom. The lowest BCUT2D eigenvalue weighted by molar-refractivity contribution is 0.0865. The average Bonchev–Trinajstić information content (AvgIpc) is 2.72. The van der Waals surface area contributed by atoms with Gasteiger partial charge in [0.1, 0.15) is 0 Å². The predicted molar refractivity (Wildman–Crippen MR) is 61.1 cm³/mol. The molecule has 1 aromatic heterocycles. The van der Waals surface area contributed by atoms with Gasteiger partial charge in [0, 0.05) is 6.54 Å². The summed E-state index contributed by atoms with van der Waals surface area (Å²) in [6, 6.07) is 0. The normalized spacial score (nSPS) is 11.5. The van der Waals surface area contributed by atoms with Gasteiger partial charge in [-0.15, -0.1) is 0 Å². The first-order valence-electron chi connectivity index (χ1n) is 5.51. The number of amides is 1. The highest BCUT2D eigenvalue weighted by Gasteiger charge is 2.28. The number of hydrogen-bond donors (Lipinski definition) is 2. The second-order valence-corrected chi connectivity index (χ2v) is 3.91. The second kappa shape index (κ2) is 5.12. The monoisotopic (exact) mass is 225 g/mol. The number of carbonyl (C=O) groups is 1. The fraction of sp³-hybridized carbons (Fsp3) is 0.636. The van der Waals surface area contributed by atoms with Crippen LogP contribution in [0, 0.1) is 6.92 Å². The third-order valence-electron chi connectivity index (χ3n) is 3.07. The van der Waals surface area contributed by atoms with E-state index in [1.807, 2.05) is 13.8 Å². The van der Waals surface area contributed by atoms with Gasteiger partial charge in [-0.2, -0.15) is 0 Å². The number of aromatic nitrogens is 1. The Bertz CT molecular complexity index is 348. The standard InChI is InChI=1S/C11H19N3O2/c1-4-11(5-2,6-12)14-10(15)9-8(3)13-7-16-9/h7H,4-6,12H2,1-3H3,(H,14,15). The van der Waals surface area contributed by atoms with Gasteiger partial charge >= 0.3 is 0 Å². The van der Waals surface area contributed by atoms with Gasteiger partial charge in [-0.1, -0.05) is 13.8 Å². The van der Waals surface area contributed by atoms with Gasteiger partial charge < -0.3 is 15.5 Å². The first-order chi connectivity index (χ1) is 7.58. The molecule has 5 heteroatoms. The predicted octanol–water partition coefficient (Wildman–Crippen LogP) is 1.23. The van der Waals surface area contributed by atoms with Gasteiger partial charge in [-0.05, 0) is 19.8 Å². The maximum absolute atomic E-state index is 11.9. The third-order valence-corrected chi connectivity index (χ3v) is 3.07. The molecule has 0 fully saturated rings. The Labute approximate surface area is 95.4 Å². The summed E-state index contributed by atoms with van der Waals surface area (Å²) < 4.78 is 5.04. The summed E-state index contributed by atoms with van der Waals surface area (Å²) in [6.07, 6.45) is 2.85. The van der Waals surface area contributed by atoms with Crippen LogP contribution in [0.4, 0.5) is 0 Å². The maximum Gasteiger partial charge on any atom is 0.289 e. The number of hydrogen-bond acceptors (Lipinski definition) is 4. The van der Waals surface area contributed by atoms with Crippen LogP contribution < -0.4 is 11.1 Å². The molecule has 0 spiro atoms. The topological polar surface area (TPSA) is 81.1 Å². The van der Waals surface area contributed by atoms with Crippen molar-refractivity contribution in [2.24, 2.45) is 5.73 Å².